The van der Waals surface area contributed by atoms with Crippen molar-refractivity contribution in [2.75, 3.05) is 6.54 Å². The van der Waals surface area contributed by atoms with Crippen molar-refractivity contribution in [1.29, 1.82) is 0 Å². The number of aromatic nitrogens is 3. The molecule has 1 atom stereocenters. The minimum atomic E-state index is 0.360. The summed E-state index contributed by atoms with van der Waals surface area (Å²) in [5, 5.41) is 7.75. The highest BCUT2D eigenvalue weighted by atomic mass is 32.1. The van der Waals surface area contributed by atoms with Gasteiger partial charge in [0.05, 0.1) is 23.9 Å². The third-order valence-electron chi connectivity index (χ3n) is 2.73. The number of hydrogen-bond acceptors (Lipinski definition) is 4. The molecule has 0 radical (unpaired) electrons. The molecular weight excluding hydrogens is 232 g/mol. The third kappa shape index (κ3) is 3.14. The number of hydrogen-bond donors (Lipinski definition) is 1. The van der Waals surface area contributed by atoms with Gasteiger partial charge in [-0.1, -0.05) is 0 Å². The number of rotatable bonds is 5. The van der Waals surface area contributed by atoms with Crippen LogP contribution in [0.25, 0.3) is 0 Å². The number of nitrogens with one attached hydrogen (secondary N) is 1. The van der Waals surface area contributed by atoms with E-state index in [-0.39, 0.29) is 0 Å². The molecule has 0 amide bonds. The first-order valence-corrected chi connectivity index (χ1v) is 6.67. The van der Waals surface area contributed by atoms with Gasteiger partial charge in [0.2, 0.25) is 0 Å². The molecule has 2 aromatic heterocycles. The molecule has 1 unspecified atom stereocenters. The number of thiazole rings is 1. The topological polar surface area (TPSA) is 42.7 Å². The maximum atomic E-state index is 4.27. The summed E-state index contributed by atoms with van der Waals surface area (Å²) in [6.07, 6.45) is 3.95. The van der Waals surface area contributed by atoms with Gasteiger partial charge < -0.3 is 5.32 Å². The van der Waals surface area contributed by atoms with Gasteiger partial charge in [-0.15, -0.1) is 11.3 Å². The normalized spacial score (nSPS) is 12.9. The van der Waals surface area contributed by atoms with E-state index in [2.05, 4.69) is 42.4 Å². The molecule has 17 heavy (non-hydrogen) atoms. The molecule has 2 aromatic rings. The predicted molar refractivity (Wildman–Crippen MR) is 70.2 cm³/mol. The highest BCUT2D eigenvalue weighted by Crippen LogP contribution is 2.20. The lowest BCUT2D eigenvalue weighted by Gasteiger charge is -2.12. The number of aryl methyl sites for hydroxylation is 2. The van der Waals surface area contributed by atoms with Crippen LogP contribution in [0.3, 0.4) is 0 Å². The molecule has 0 fully saturated rings. The molecule has 2 rings (SSSR count). The smallest absolute Gasteiger partial charge is 0.0798 e. The Bertz CT molecular complexity index is 474. The maximum absolute atomic E-state index is 4.27. The summed E-state index contributed by atoms with van der Waals surface area (Å²) in [5.74, 6) is 0. The van der Waals surface area contributed by atoms with E-state index in [1.165, 1.54) is 10.4 Å². The zero-order valence-electron chi connectivity index (χ0n) is 10.5. The lowest BCUT2D eigenvalue weighted by molar-refractivity contribution is 0.510. The second-order valence-corrected chi connectivity index (χ2v) is 5.14. The largest absolute Gasteiger partial charge is 0.308 e. The SMILES string of the molecule is Cc1cnn(CCNC(C)c2scnc2C)c1. The van der Waals surface area contributed by atoms with E-state index in [0.29, 0.717) is 6.04 Å². The Kier molecular flexibility index (Phi) is 3.91. The van der Waals surface area contributed by atoms with Crippen molar-refractivity contribution in [2.24, 2.45) is 0 Å². The van der Waals surface area contributed by atoms with Gasteiger partial charge in [0.15, 0.2) is 0 Å². The van der Waals surface area contributed by atoms with Crippen molar-refractivity contribution in [3.8, 4) is 0 Å². The third-order valence-corrected chi connectivity index (χ3v) is 3.84. The van der Waals surface area contributed by atoms with Crippen LogP contribution in [0, 0.1) is 13.8 Å². The van der Waals surface area contributed by atoms with E-state index in [9.17, 15) is 0 Å². The van der Waals surface area contributed by atoms with Crippen molar-refractivity contribution in [3.05, 3.63) is 34.0 Å². The van der Waals surface area contributed by atoms with Crippen molar-refractivity contribution >= 4 is 11.3 Å². The first kappa shape index (κ1) is 12.3. The standard InChI is InChI=1S/C12H18N4S/c1-9-6-15-16(7-9)5-4-13-10(2)12-11(3)14-8-17-12/h6-8,10,13H,4-5H2,1-3H3. The van der Waals surface area contributed by atoms with Gasteiger partial charge in [-0.2, -0.15) is 5.10 Å². The molecule has 5 heteroatoms. The van der Waals surface area contributed by atoms with Crippen molar-refractivity contribution < 1.29 is 0 Å². The van der Waals surface area contributed by atoms with Crippen LogP contribution in [-0.4, -0.2) is 21.3 Å². The molecule has 0 saturated carbocycles. The zero-order chi connectivity index (χ0) is 12.3. The van der Waals surface area contributed by atoms with Crippen LogP contribution in [0.5, 0.6) is 0 Å². The van der Waals surface area contributed by atoms with Gasteiger partial charge in [0, 0.05) is 23.7 Å². The lowest BCUT2D eigenvalue weighted by Crippen LogP contribution is -2.23. The van der Waals surface area contributed by atoms with E-state index in [0.717, 1.165) is 18.8 Å². The number of nitrogens with zero attached hydrogens (tertiary/aromatic N) is 3. The van der Waals surface area contributed by atoms with Crippen LogP contribution < -0.4 is 5.32 Å². The Morgan fingerprint density at radius 1 is 1.47 bits per heavy atom. The van der Waals surface area contributed by atoms with Crippen LogP contribution >= 0.6 is 11.3 Å². The first-order chi connectivity index (χ1) is 8.16. The maximum Gasteiger partial charge on any atom is 0.0798 e. The average molecular weight is 250 g/mol. The van der Waals surface area contributed by atoms with E-state index in [1.54, 1.807) is 11.3 Å². The summed E-state index contributed by atoms with van der Waals surface area (Å²) >= 11 is 1.71. The van der Waals surface area contributed by atoms with Crippen LogP contribution in [0.4, 0.5) is 0 Å². The molecular formula is C12H18N4S. The summed E-state index contributed by atoms with van der Waals surface area (Å²) in [7, 11) is 0. The molecule has 0 saturated heterocycles. The molecule has 0 spiro atoms. The van der Waals surface area contributed by atoms with Crippen molar-refractivity contribution in [1.82, 2.24) is 20.1 Å². The lowest BCUT2D eigenvalue weighted by atomic mass is 10.2. The second kappa shape index (κ2) is 5.42. The Labute approximate surface area is 106 Å². The molecule has 0 aliphatic rings. The fraction of sp³-hybridized carbons (Fsp3) is 0.500. The Morgan fingerprint density at radius 3 is 2.88 bits per heavy atom. The Morgan fingerprint density at radius 2 is 2.29 bits per heavy atom. The summed E-state index contributed by atoms with van der Waals surface area (Å²) < 4.78 is 1.97. The first-order valence-electron chi connectivity index (χ1n) is 5.79. The highest BCUT2D eigenvalue weighted by molar-refractivity contribution is 7.09. The Hall–Kier alpha value is -1.20. The minimum absolute atomic E-state index is 0.360. The van der Waals surface area contributed by atoms with Gasteiger partial charge in [0.25, 0.3) is 0 Å². The van der Waals surface area contributed by atoms with Crippen LogP contribution in [0.15, 0.2) is 17.9 Å². The van der Waals surface area contributed by atoms with E-state index >= 15 is 0 Å². The minimum Gasteiger partial charge on any atom is -0.308 e. The second-order valence-electron chi connectivity index (χ2n) is 4.26. The van der Waals surface area contributed by atoms with Gasteiger partial charge in [-0.05, 0) is 26.3 Å². The van der Waals surface area contributed by atoms with Crippen LogP contribution in [-0.2, 0) is 6.54 Å². The van der Waals surface area contributed by atoms with E-state index < -0.39 is 0 Å². The summed E-state index contributed by atoms with van der Waals surface area (Å²) in [6, 6.07) is 0.360. The quantitative estimate of drug-likeness (QED) is 0.885. The van der Waals surface area contributed by atoms with Gasteiger partial charge in [-0.3, -0.25) is 4.68 Å². The molecule has 4 nitrogen and oxygen atoms in total. The van der Waals surface area contributed by atoms with Gasteiger partial charge in [0.1, 0.15) is 0 Å². The molecule has 0 aliphatic heterocycles. The summed E-state index contributed by atoms with van der Waals surface area (Å²) in [5.41, 5.74) is 4.24. The van der Waals surface area contributed by atoms with Crippen molar-refractivity contribution in [2.45, 2.75) is 33.4 Å². The van der Waals surface area contributed by atoms with E-state index in [1.807, 2.05) is 16.4 Å². The molecule has 92 valence electrons. The average Bonchev–Trinajstić information content (AvgIpc) is 2.87. The molecule has 2 heterocycles. The molecule has 0 aromatic carbocycles. The fourth-order valence-corrected chi connectivity index (χ4v) is 2.64. The molecule has 1 N–H and O–H groups in total. The van der Waals surface area contributed by atoms with Crippen LogP contribution in [0.1, 0.15) is 29.1 Å². The fourth-order valence-electron chi connectivity index (χ4n) is 1.80. The van der Waals surface area contributed by atoms with Gasteiger partial charge in [-0.25, -0.2) is 4.98 Å². The molecule has 0 bridgehead atoms. The molecule has 0 aliphatic carbocycles. The zero-order valence-corrected chi connectivity index (χ0v) is 11.3. The van der Waals surface area contributed by atoms with Crippen molar-refractivity contribution in [3.63, 3.8) is 0 Å². The predicted octanol–water partition coefficient (Wildman–Crippen LogP) is 2.31. The monoisotopic (exact) mass is 250 g/mol. The Balaban J connectivity index is 1.81. The van der Waals surface area contributed by atoms with Gasteiger partial charge >= 0.3 is 0 Å². The summed E-state index contributed by atoms with van der Waals surface area (Å²) in [4.78, 5) is 5.59. The van der Waals surface area contributed by atoms with E-state index in [4.69, 9.17) is 0 Å². The highest BCUT2D eigenvalue weighted by Gasteiger charge is 2.09. The van der Waals surface area contributed by atoms with Crippen LogP contribution in [0.2, 0.25) is 0 Å². The summed E-state index contributed by atoms with van der Waals surface area (Å²) in [6.45, 7) is 8.10.